The second-order valence-electron chi connectivity index (χ2n) is 7.42. The molecule has 1 aliphatic rings. The zero-order valence-corrected chi connectivity index (χ0v) is 19.4. The molecular formula is C26H19N5O3S. The van der Waals surface area contributed by atoms with E-state index in [0.29, 0.717) is 22.1 Å². The highest BCUT2D eigenvalue weighted by molar-refractivity contribution is 7.14. The molecule has 5 rings (SSSR count). The van der Waals surface area contributed by atoms with Crippen LogP contribution < -0.4 is 10.4 Å². The van der Waals surface area contributed by atoms with Crippen molar-refractivity contribution in [2.75, 3.05) is 17.5 Å². The normalized spacial score (nSPS) is 14.2. The Kier molecular flexibility index (Phi) is 6.15. The molecule has 0 radical (unpaired) electrons. The maximum Gasteiger partial charge on any atom is 0.340 e. The molecule has 4 aromatic rings. The highest BCUT2D eigenvalue weighted by atomic mass is 32.1. The van der Waals surface area contributed by atoms with Gasteiger partial charge in [0.15, 0.2) is 5.71 Å². The van der Waals surface area contributed by atoms with E-state index in [2.05, 4.69) is 20.6 Å². The zero-order chi connectivity index (χ0) is 24.2. The fourth-order valence-electron chi connectivity index (χ4n) is 3.50. The molecule has 0 unspecified atom stereocenters. The molecule has 1 N–H and O–H groups in total. The maximum absolute atomic E-state index is 13.4. The smallest absolute Gasteiger partial charge is 0.340 e. The van der Waals surface area contributed by atoms with Crippen molar-refractivity contribution in [3.05, 3.63) is 101 Å². The molecule has 8 nitrogen and oxygen atoms in total. The number of thiazole rings is 1. The SMILES string of the molecule is COC(=O)c1ccccc1N/N=C1\C(=O)N(c2nc(-c3ccccc3)cs2)N=C1c1ccccc1. The van der Waals surface area contributed by atoms with Crippen LogP contribution in [0.3, 0.4) is 0 Å². The molecule has 0 saturated carbocycles. The van der Waals surface area contributed by atoms with Crippen LogP contribution in [0.15, 0.2) is 101 Å². The minimum Gasteiger partial charge on any atom is -0.465 e. The van der Waals surface area contributed by atoms with Gasteiger partial charge in [-0.1, -0.05) is 72.8 Å². The average molecular weight is 482 g/mol. The van der Waals surface area contributed by atoms with Crippen molar-refractivity contribution in [1.82, 2.24) is 4.98 Å². The number of esters is 1. The van der Waals surface area contributed by atoms with Gasteiger partial charge in [0, 0.05) is 16.5 Å². The van der Waals surface area contributed by atoms with Gasteiger partial charge in [-0.3, -0.25) is 10.2 Å². The number of hydrogen-bond donors (Lipinski definition) is 1. The van der Waals surface area contributed by atoms with Crippen LogP contribution in [0.2, 0.25) is 0 Å². The summed E-state index contributed by atoms with van der Waals surface area (Å²) < 4.78 is 4.84. The second kappa shape index (κ2) is 9.70. The minimum atomic E-state index is -0.513. The first-order chi connectivity index (χ1) is 17.2. The van der Waals surface area contributed by atoms with E-state index in [1.807, 2.05) is 66.0 Å². The van der Waals surface area contributed by atoms with Crippen molar-refractivity contribution in [2.24, 2.45) is 10.2 Å². The van der Waals surface area contributed by atoms with Crippen LogP contribution in [-0.2, 0) is 9.53 Å². The van der Waals surface area contributed by atoms with Gasteiger partial charge in [0.25, 0.3) is 0 Å². The van der Waals surface area contributed by atoms with E-state index in [9.17, 15) is 9.59 Å². The molecule has 0 fully saturated rings. The number of hydrazone groups is 2. The maximum atomic E-state index is 13.4. The van der Waals surface area contributed by atoms with Crippen LogP contribution in [0.1, 0.15) is 15.9 Å². The molecule has 1 aliphatic heterocycles. The van der Waals surface area contributed by atoms with Gasteiger partial charge in [0.2, 0.25) is 5.13 Å². The lowest BCUT2D eigenvalue weighted by Crippen LogP contribution is -2.28. The van der Waals surface area contributed by atoms with Crippen molar-refractivity contribution in [2.45, 2.75) is 0 Å². The summed E-state index contributed by atoms with van der Waals surface area (Å²) in [5, 5.41) is 12.5. The number of amides is 1. The van der Waals surface area contributed by atoms with Gasteiger partial charge in [-0.15, -0.1) is 11.3 Å². The van der Waals surface area contributed by atoms with Crippen LogP contribution in [0.25, 0.3) is 11.3 Å². The van der Waals surface area contributed by atoms with Gasteiger partial charge in [-0.25, -0.2) is 9.78 Å². The summed E-state index contributed by atoms with van der Waals surface area (Å²) in [6, 6.07) is 25.8. The Bertz CT molecular complexity index is 1450. The molecule has 172 valence electrons. The number of rotatable bonds is 6. The number of methoxy groups -OCH3 is 1. The molecule has 0 spiro atoms. The van der Waals surface area contributed by atoms with E-state index in [1.165, 1.54) is 23.5 Å². The van der Waals surface area contributed by atoms with Gasteiger partial charge in [-0.05, 0) is 12.1 Å². The summed E-state index contributed by atoms with van der Waals surface area (Å²) in [6.45, 7) is 0. The molecular weight excluding hydrogens is 462 g/mol. The van der Waals surface area contributed by atoms with Crippen molar-refractivity contribution >= 4 is 45.5 Å². The lowest BCUT2D eigenvalue weighted by molar-refractivity contribution is -0.112. The van der Waals surface area contributed by atoms with E-state index in [0.717, 1.165) is 16.8 Å². The number of ether oxygens (including phenoxy) is 1. The molecule has 0 saturated heterocycles. The van der Waals surface area contributed by atoms with Gasteiger partial charge in [0.1, 0.15) is 5.71 Å². The van der Waals surface area contributed by atoms with Crippen LogP contribution in [0.4, 0.5) is 10.8 Å². The van der Waals surface area contributed by atoms with Crippen molar-refractivity contribution in [1.29, 1.82) is 0 Å². The van der Waals surface area contributed by atoms with E-state index in [1.54, 1.807) is 24.3 Å². The Morgan fingerprint density at radius 3 is 2.31 bits per heavy atom. The van der Waals surface area contributed by atoms with Gasteiger partial charge >= 0.3 is 11.9 Å². The number of carbonyl (C=O) groups excluding carboxylic acids is 2. The number of para-hydroxylation sites is 1. The number of hydrogen-bond acceptors (Lipinski definition) is 8. The molecule has 0 bridgehead atoms. The minimum absolute atomic E-state index is 0.104. The predicted octanol–water partition coefficient (Wildman–Crippen LogP) is 4.82. The Labute approximate surface area is 205 Å². The third kappa shape index (κ3) is 4.44. The van der Waals surface area contributed by atoms with Crippen LogP contribution >= 0.6 is 11.3 Å². The largest absolute Gasteiger partial charge is 0.465 e. The number of anilines is 2. The average Bonchev–Trinajstić information content (AvgIpc) is 3.53. The Balaban J connectivity index is 1.51. The third-order valence-corrected chi connectivity index (χ3v) is 6.05. The van der Waals surface area contributed by atoms with E-state index >= 15 is 0 Å². The third-order valence-electron chi connectivity index (χ3n) is 5.23. The summed E-state index contributed by atoms with van der Waals surface area (Å²) in [7, 11) is 1.31. The van der Waals surface area contributed by atoms with Crippen LogP contribution in [-0.4, -0.2) is 35.4 Å². The Hall–Kier alpha value is -4.63. The van der Waals surface area contributed by atoms with Crippen LogP contribution in [0.5, 0.6) is 0 Å². The number of carbonyl (C=O) groups is 2. The second-order valence-corrected chi connectivity index (χ2v) is 8.26. The molecule has 0 atom stereocenters. The van der Waals surface area contributed by atoms with E-state index in [-0.39, 0.29) is 5.71 Å². The van der Waals surface area contributed by atoms with Gasteiger partial charge < -0.3 is 4.74 Å². The quantitative estimate of drug-likeness (QED) is 0.315. The van der Waals surface area contributed by atoms with Crippen LogP contribution in [0, 0.1) is 0 Å². The highest BCUT2D eigenvalue weighted by Crippen LogP contribution is 2.30. The molecule has 2 heterocycles. The predicted molar refractivity (Wildman–Crippen MR) is 137 cm³/mol. The summed E-state index contributed by atoms with van der Waals surface area (Å²) in [5.41, 5.74) is 6.48. The number of benzene rings is 3. The molecule has 35 heavy (non-hydrogen) atoms. The topological polar surface area (TPSA) is 96.2 Å². The first-order valence-corrected chi connectivity index (χ1v) is 11.5. The fraction of sp³-hybridized carbons (Fsp3) is 0.0385. The zero-order valence-electron chi connectivity index (χ0n) is 18.6. The number of aromatic nitrogens is 1. The van der Waals surface area contributed by atoms with Gasteiger partial charge in [-0.2, -0.15) is 15.2 Å². The fourth-order valence-corrected chi connectivity index (χ4v) is 4.28. The first kappa shape index (κ1) is 22.2. The summed E-state index contributed by atoms with van der Waals surface area (Å²) in [5.74, 6) is -0.943. The number of nitrogens with one attached hydrogen (secondary N) is 1. The van der Waals surface area contributed by atoms with Crippen molar-refractivity contribution in [3.63, 3.8) is 0 Å². The van der Waals surface area contributed by atoms with E-state index in [4.69, 9.17) is 4.74 Å². The first-order valence-electron chi connectivity index (χ1n) is 10.7. The standard InChI is InChI=1S/C26H19N5O3S/c1-34-25(33)19-14-8-9-15-20(19)28-29-23-22(18-12-6-3-7-13-18)30-31(24(23)32)26-27-21(16-35-26)17-10-4-2-5-11-17/h2-16,28H,1H3/b29-23-. The monoisotopic (exact) mass is 481 g/mol. The Morgan fingerprint density at radius 1 is 0.943 bits per heavy atom. The Morgan fingerprint density at radius 2 is 1.60 bits per heavy atom. The molecule has 3 aromatic carbocycles. The molecule has 1 aromatic heterocycles. The van der Waals surface area contributed by atoms with Crippen molar-refractivity contribution < 1.29 is 14.3 Å². The lowest BCUT2D eigenvalue weighted by atomic mass is 10.1. The van der Waals surface area contributed by atoms with Gasteiger partial charge in [0.05, 0.1) is 24.1 Å². The summed E-state index contributed by atoms with van der Waals surface area (Å²) in [6.07, 6.45) is 0. The summed E-state index contributed by atoms with van der Waals surface area (Å²) in [4.78, 5) is 30.2. The molecule has 9 heteroatoms. The highest BCUT2D eigenvalue weighted by Gasteiger charge is 2.35. The number of nitrogens with zero attached hydrogens (tertiary/aromatic N) is 4. The lowest BCUT2D eigenvalue weighted by Gasteiger charge is -2.08. The van der Waals surface area contributed by atoms with Crippen molar-refractivity contribution in [3.8, 4) is 11.3 Å². The van der Waals surface area contributed by atoms with E-state index < -0.39 is 11.9 Å². The summed E-state index contributed by atoms with van der Waals surface area (Å²) >= 11 is 1.32. The molecule has 1 amide bonds. The molecule has 0 aliphatic carbocycles.